The SMILES string of the molecule is CCOC(=O)NCC1CCN(CCOC)CC1. The van der Waals surface area contributed by atoms with Gasteiger partial charge in [-0.15, -0.1) is 0 Å². The van der Waals surface area contributed by atoms with E-state index in [4.69, 9.17) is 9.47 Å². The van der Waals surface area contributed by atoms with Crippen LogP contribution in [0.2, 0.25) is 0 Å². The van der Waals surface area contributed by atoms with Gasteiger partial charge in [0.25, 0.3) is 0 Å². The standard InChI is InChI=1S/C12H24N2O3/c1-3-17-12(15)13-10-11-4-6-14(7-5-11)8-9-16-2/h11H,3-10H2,1-2H3,(H,13,15). The van der Waals surface area contributed by atoms with Gasteiger partial charge in [-0.3, -0.25) is 0 Å². The second kappa shape index (κ2) is 8.31. The molecule has 1 rings (SSSR count). The maximum atomic E-state index is 11.1. The van der Waals surface area contributed by atoms with Gasteiger partial charge in [-0.05, 0) is 38.8 Å². The Balaban J connectivity index is 2.08. The van der Waals surface area contributed by atoms with Crippen LogP contribution >= 0.6 is 0 Å². The Morgan fingerprint density at radius 1 is 1.41 bits per heavy atom. The molecule has 0 aromatic carbocycles. The zero-order chi connectivity index (χ0) is 12.5. The number of alkyl carbamates (subject to hydrolysis) is 1. The lowest BCUT2D eigenvalue weighted by Gasteiger charge is -2.31. The fourth-order valence-corrected chi connectivity index (χ4v) is 2.04. The minimum atomic E-state index is -0.297. The van der Waals surface area contributed by atoms with Gasteiger partial charge in [0.1, 0.15) is 0 Å². The average Bonchev–Trinajstić information content (AvgIpc) is 2.35. The summed E-state index contributed by atoms with van der Waals surface area (Å²) in [6.45, 7) is 6.98. The molecule has 0 aromatic heterocycles. The van der Waals surface area contributed by atoms with Crippen LogP contribution in [-0.4, -0.2) is 57.5 Å². The van der Waals surface area contributed by atoms with Crippen molar-refractivity contribution in [1.29, 1.82) is 0 Å². The highest BCUT2D eigenvalue weighted by Gasteiger charge is 2.19. The van der Waals surface area contributed by atoms with E-state index in [-0.39, 0.29) is 6.09 Å². The highest BCUT2D eigenvalue weighted by molar-refractivity contribution is 5.66. The number of amides is 1. The largest absolute Gasteiger partial charge is 0.450 e. The van der Waals surface area contributed by atoms with Crippen LogP contribution in [0.3, 0.4) is 0 Å². The summed E-state index contributed by atoms with van der Waals surface area (Å²) in [5.74, 6) is 0.582. The van der Waals surface area contributed by atoms with Gasteiger partial charge in [-0.1, -0.05) is 0 Å². The molecule has 5 nitrogen and oxygen atoms in total. The van der Waals surface area contributed by atoms with Crippen molar-refractivity contribution in [3.63, 3.8) is 0 Å². The van der Waals surface area contributed by atoms with Gasteiger partial charge in [0.05, 0.1) is 13.2 Å². The Labute approximate surface area is 103 Å². The van der Waals surface area contributed by atoms with Gasteiger partial charge in [0.15, 0.2) is 0 Å². The van der Waals surface area contributed by atoms with E-state index in [0.29, 0.717) is 12.5 Å². The number of nitrogens with one attached hydrogen (secondary N) is 1. The predicted octanol–water partition coefficient (Wildman–Crippen LogP) is 1.09. The third-order valence-electron chi connectivity index (χ3n) is 3.13. The number of carbonyl (C=O) groups excluding carboxylic acids is 1. The second-order valence-electron chi connectivity index (χ2n) is 4.38. The number of hydrogen-bond donors (Lipinski definition) is 1. The molecular weight excluding hydrogens is 220 g/mol. The number of rotatable bonds is 6. The van der Waals surface area contributed by atoms with Gasteiger partial charge in [0, 0.05) is 20.2 Å². The van der Waals surface area contributed by atoms with Crippen LogP contribution < -0.4 is 5.32 Å². The van der Waals surface area contributed by atoms with Gasteiger partial charge in [-0.25, -0.2) is 4.79 Å². The molecule has 0 unspecified atom stereocenters. The van der Waals surface area contributed by atoms with Crippen molar-refractivity contribution < 1.29 is 14.3 Å². The first-order valence-corrected chi connectivity index (χ1v) is 6.38. The van der Waals surface area contributed by atoms with Crippen LogP contribution in [0.15, 0.2) is 0 Å². The number of ether oxygens (including phenoxy) is 2. The summed E-state index contributed by atoms with van der Waals surface area (Å²) in [5.41, 5.74) is 0. The fourth-order valence-electron chi connectivity index (χ4n) is 2.04. The Morgan fingerprint density at radius 2 is 2.12 bits per heavy atom. The van der Waals surface area contributed by atoms with Gasteiger partial charge in [0.2, 0.25) is 0 Å². The summed E-state index contributed by atoms with van der Waals surface area (Å²) in [4.78, 5) is 13.5. The highest BCUT2D eigenvalue weighted by atomic mass is 16.5. The normalized spacial score (nSPS) is 18.0. The van der Waals surface area contributed by atoms with Crippen LogP contribution in [0, 0.1) is 5.92 Å². The molecule has 100 valence electrons. The fraction of sp³-hybridized carbons (Fsp3) is 0.917. The van der Waals surface area contributed by atoms with E-state index in [0.717, 1.165) is 45.6 Å². The lowest BCUT2D eigenvalue weighted by atomic mass is 9.97. The molecule has 0 atom stereocenters. The van der Waals surface area contributed by atoms with Crippen LogP contribution in [0.25, 0.3) is 0 Å². The van der Waals surface area contributed by atoms with E-state index in [9.17, 15) is 4.79 Å². The molecule has 1 heterocycles. The topological polar surface area (TPSA) is 50.8 Å². The molecule has 0 aromatic rings. The van der Waals surface area contributed by atoms with E-state index < -0.39 is 0 Å². The zero-order valence-electron chi connectivity index (χ0n) is 10.9. The molecule has 1 fully saturated rings. The van der Waals surface area contributed by atoms with Crippen molar-refractivity contribution in [2.45, 2.75) is 19.8 Å². The van der Waals surface area contributed by atoms with Crippen LogP contribution in [-0.2, 0) is 9.47 Å². The molecule has 5 heteroatoms. The molecule has 0 radical (unpaired) electrons. The summed E-state index contributed by atoms with van der Waals surface area (Å²) in [5, 5.41) is 2.81. The van der Waals surface area contributed by atoms with E-state index in [1.807, 2.05) is 6.92 Å². The Kier molecular flexibility index (Phi) is 6.96. The maximum absolute atomic E-state index is 11.1. The van der Waals surface area contributed by atoms with E-state index >= 15 is 0 Å². The lowest BCUT2D eigenvalue weighted by molar-refractivity contribution is 0.117. The molecule has 0 saturated carbocycles. The first kappa shape index (κ1) is 14.3. The number of nitrogens with zero attached hydrogens (tertiary/aromatic N) is 1. The predicted molar refractivity (Wildman–Crippen MR) is 66.1 cm³/mol. The van der Waals surface area contributed by atoms with Gasteiger partial charge >= 0.3 is 6.09 Å². The molecular formula is C12H24N2O3. The Morgan fingerprint density at radius 3 is 2.71 bits per heavy atom. The Hall–Kier alpha value is -0.810. The summed E-state index contributed by atoms with van der Waals surface area (Å²) < 4.78 is 9.89. The molecule has 17 heavy (non-hydrogen) atoms. The van der Waals surface area contributed by atoms with E-state index in [2.05, 4.69) is 10.2 Å². The van der Waals surface area contributed by atoms with Crippen molar-refractivity contribution in [3.8, 4) is 0 Å². The van der Waals surface area contributed by atoms with Crippen molar-refractivity contribution in [2.75, 3.05) is 46.5 Å². The molecule has 0 aliphatic carbocycles. The zero-order valence-corrected chi connectivity index (χ0v) is 10.9. The molecule has 1 amide bonds. The molecule has 1 aliphatic rings. The summed E-state index contributed by atoms with van der Waals surface area (Å²) in [7, 11) is 1.73. The number of carbonyl (C=O) groups is 1. The number of likely N-dealkylation sites (tertiary alicyclic amines) is 1. The van der Waals surface area contributed by atoms with Crippen LogP contribution in [0.1, 0.15) is 19.8 Å². The third-order valence-corrected chi connectivity index (χ3v) is 3.13. The average molecular weight is 244 g/mol. The minimum absolute atomic E-state index is 0.297. The first-order valence-electron chi connectivity index (χ1n) is 6.38. The van der Waals surface area contributed by atoms with Crippen molar-refractivity contribution in [2.24, 2.45) is 5.92 Å². The second-order valence-corrected chi connectivity index (χ2v) is 4.38. The van der Waals surface area contributed by atoms with Gasteiger partial charge < -0.3 is 19.7 Å². The summed E-state index contributed by atoms with van der Waals surface area (Å²) >= 11 is 0. The lowest BCUT2D eigenvalue weighted by Crippen LogP contribution is -2.39. The maximum Gasteiger partial charge on any atom is 0.407 e. The molecule has 0 spiro atoms. The number of hydrogen-bond acceptors (Lipinski definition) is 4. The third kappa shape index (κ3) is 5.89. The number of piperidine rings is 1. The molecule has 1 aliphatic heterocycles. The number of methoxy groups -OCH3 is 1. The van der Waals surface area contributed by atoms with Crippen molar-refractivity contribution >= 4 is 6.09 Å². The molecule has 1 saturated heterocycles. The smallest absolute Gasteiger partial charge is 0.407 e. The molecule has 1 N–H and O–H groups in total. The van der Waals surface area contributed by atoms with Crippen LogP contribution in [0.4, 0.5) is 4.79 Å². The quantitative estimate of drug-likeness (QED) is 0.760. The summed E-state index contributed by atoms with van der Waals surface area (Å²) in [6, 6.07) is 0. The van der Waals surface area contributed by atoms with Crippen molar-refractivity contribution in [1.82, 2.24) is 10.2 Å². The van der Waals surface area contributed by atoms with Crippen LogP contribution in [0.5, 0.6) is 0 Å². The van der Waals surface area contributed by atoms with Crippen molar-refractivity contribution in [3.05, 3.63) is 0 Å². The van der Waals surface area contributed by atoms with Gasteiger partial charge in [-0.2, -0.15) is 0 Å². The molecule has 0 bridgehead atoms. The van der Waals surface area contributed by atoms with E-state index in [1.54, 1.807) is 7.11 Å². The highest BCUT2D eigenvalue weighted by Crippen LogP contribution is 2.15. The Bertz CT molecular complexity index is 216. The monoisotopic (exact) mass is 244 g/mol. The first-order chi connectivity index (χ1) is 8.26. The minimum Gasteiger partial charge on any atom is -0.450 e. The summed E-state index contributed by atoms with van der Waals surface area (Å²) in [6.07, 6.45) is 1.97. The van der Waals surface area contributed by atoms with E-state index in [1.165, 1.54) is 0 Å².